The van der Waals surface area contributed by atoms with E-state index in [1.54, 1.807) is 12.1 Å². The summed E-state index contributed by atoms with van der Waals surface area (Å²) in [6.45, 7) is 3.84. The molecule has 0 saturated heterocycles. The van der Waals surface area contributed by atoms with Gasteiger partial charge < -0.3 is 5.32 Å². The van der Waals surface area contributed by atoms with E-state index >= 15 is 0 Å². The molecular formula is C19H15BrN4O2S. The number of fused-ring (bicyclic) bond motifs is 3. The number of hydrogen-bond acceptors (Lipinski definition) is 5. The predicted octanol–water partition coefficient (Wildman–Crippen LogP) is 4.34. The van der Waals surface area contributed by atoms with Gasteiger partial charge in [0.1, 0.15) is 4.90 Å². The molecule has 3 aromatic rings. The average Bonchev–Trinajstić information content (AvgIpc) is 2.66. The lowest BCUT2D eigenvalue weighted by molar-refractivity contribution is 0.591. The van der Waals surface area contributed by atoms with Gasteiger partial charge in [0.25, 0.3) is 10.0 Å². The van der Waals surface area contributed by atoms with Crippen LogP contribution in [-0.2, 0) is 10.0 Å². The van der Waals surface area contributed by atoms with E-state index in [1.165, 1.54) is 10.5 Å². The standard InChI is InChI=1S/C19H15BrN4O2S/c1-2-10-24-16-11-13(20)8-9-15(16)18-17(27(24,25)26)12-21-19(23-18)22-14-6-4-3-5-7-14/h2-9,11-12H,1,10H2,(H,21,22,23). The fraction of sp³-hybridized carbons (Fsp3) is 0.0526. The zero-order valence-electron chi connectivity index (χ0n) is 14.1. The van der Waals surface area contributed by atoms with Crippen LogP contribution in [0.25, 0.3) is 11.3 Å². The Morgan fingerprint density at radius 1 is 1.19 bits per heavy atom. The fourth-order valence-electron chi connectivity index (χ4n) is 2.94. The Kier molecular flexibility index (Phi) is 4.45. The second kappa shape index (κ2) is 6.79. The molecule has 0 bridgehead atoms. The highest BCUT2D eigenvalue weighted by molar-refractivity contribution is 9.10. The highest BCUT2D eigenvalue weighted by Crippen LogP contribution is 2.43. The molecule has 0 amide bonds. The molecule has 2 aromatic carbocycles. The number of hydrogen-bond donors (Lipinski definition) is 1. The van der Waals surface area contributed by atoms with Crippen LogP contribution >= 0.6 is 15.9 Å². The third-order valence-electron chi connectivity index (χ3n) is 4.13. The van der Waals surface area contributed by atoms with E-state index in [0.717, 1.165) is 15.7 Å². The van der Waals surface area contributed by atoms with Crippen LogP contribution in [-0.4, -0.2) is 24.9 Å². The van der Waals surface area contributed by atoms with Crippen LogP contribution in [0.5, 0.6) is 0 Å². The van der Waals surface area contributed by atoms with Gasteiger partial charge in [0.2, 0.25) is 5.95 Å². The van der Waals surface area contributed by atoms with Crippen molar-refractivity contribution in [1.29, 1.82) is 0 Å². The highest BCUT2D eigenvalue weighted by atomic mass is 79.9. The first-order valence-corrected chi connectivity index (χ1v) is 10.4. The Morgan fingerprint density at radius 3 is 2.70 bits per heavy atom. The molecular weight excluding hydrogens is 428 g/mol. The third-order valence-corrected chi connectivity index (χ3v) is 6.41. The molecule has 4 rings (SSSR count). The van der Waals surface area contributed by atoms with Gasteiger partial charge >= 0.3 is 0 Å². The monoisotopic (exact) mass is 442 g/mol. The van der Waals surface area contributed by atoms with Gasteiger partial charge in [-0.15, -0.1) is 6.58 Å². The normalized spacial score (nSPS) is 14.2. The number of halogens is 1. The molecule has 1 aliphatic heterocycles. The van der Waals surface area contributed by atoms with Gasteiger partial charge in [-0.25, -0.2) is 18.4 Å². The lowest BCUT2D eigenvalue weighted by Gasteiger charge is -2.30. The van der Waals surface area contributed by atoms with Crippen molar-refractivity contribution in [3.63, 3.8) is 0 Å². The molecule has 27 heavy (non-hydrogen) atoms. The zero-order valence-corrected chi connectivity index (χ0v) is 16.5. The summed E-state index contributed by atoms with van der Waals surface area (Å²) in [6, 6.07) is 14.9. The van der Waals surface area contributed by atoms with Gasteiger partial charge in [-0.3, -0.25) is 4.31 Å². The SMILES string of the molecule is C=CCN1c2cc(Br)ccc2-c2nc(Nc3ccccc3)ncc2S1(=O)=O. The molecule has 2 heterocycles. The van der Waals surface area contributed by atoms with Crippen molar-refractivity contribution < 1.29 is 8.42 Å². The van der Waals surface area contributed by atoms with Crippen molar-refractivity contribution in [2.75, 3.05) is 16.2 Å². The Labute approximate surface area is 165 Å². The fourth-order valence-corrected chi connectivity index (χ4v) is 4.82. The molecule has 1 N–H and O–H groups in total. The summed E-state index contributed by atoms with van der Waals surface area (Å²) < 4.78 is 28.3. The van der Waals surface area contributed by atoms with Crippen molar-refractivity contribution >= 4 is 43.3 Å². The molecule has 136 valence electrons. The van der Waals surface area contributed by atoms with Gasteiger partial charge in [-0.05, 0) is 30.3 Å². The predicted molar refractivity (Wildman–Crippen MR) is 110 cm³/mol. The lowest BCUT2D eigenvalue weighted by atomic mass is 10.1. The quantitative estimate of drug-likeness (QED) is 0.607. The van der Waals surface area contributed by atoms with E-state index in [9.17, 15) is 8.42 Å². The summed E-state index contributed by atoms with van der Waals surface area (Å²) in [5.74, 6) is 0.334. The van der Waals surface area contributed by atoms with Crippen LogP contribution in [0, 0.1) is 0 Å². The van der Waals surface area contributed by atoms with Crippen molar-refractivity contribution in [3.8, 4) is 11.3 Å². The van der Waals surface area contributed by atoms with Gasteiger partial charge in [0, 0.05) is 15.7 Å². The Bertz CT molecular complexity index is 1130. The number of para-hydroxylation sites is 1. The Hall–Kier alpha value is -2.71. The van der Waals surface area contributed by atoms with E-state index in [0.29, 0.717) is 17.3 Å². The molecule has 0 unspecified atom stereocenters. The summed E-state index contributed by atoms with van der Waals surface area (Å²) >= 11 is 3.41. The summed E-state index contributed by atoms with van der Waals surface area (Å²) in [5.41, 5.74) is 2.48. The maximum atomic E-state index is 13.1. The number of aromatic nitrogens is 2. The van der Waals surface area contributed by atoms with Crippen molar-refractivity contribution in [1.82, 2.24) is 9.97 Å². The minimum atomic E-state index is -3.78. The molecule has 6 nitrogen and oxygen atoms in total. The van der Waals surface area contributed by atoms with Crippen LogP contribution in [0.3, 0.4) is 0 Å². The maximum absolute atomic E-state index is 13.1. The van der Waals surface area contributed by atoms with Crippen molar-refractivity contribution in [2.24, 2.45) is 0 Å². The molecule has 0 saturated carbocycles. The molecule has 0 aliphatic carbocycles. The van der Waals surface area contributed by atoms with Crippen LogP contribution in [0.15, 0.2) is 76.8 Å². The first kappa shape index (κ1) is 17.7. The van der Waals surface area contributed by atoms with Gasteiger partial charge in [-0.2, -0.15) is 0 Å². The Balaban J connectivity index is 1.88. The van der Waals surface area contributed by atoms with Crippen LogP contribution in [0.2, 0.25) is 0 Å². The molecule has 0 atom stereocenters. The summed E-state index contributed by atoms with van der Waals surface area (Å²) in [6.07, 6.45) is 2.91. The Morgan fingerprint density at radius 2 is 1.96 bits per heavy atom. The summed E-state index contributed by atoms with van der Waals surface area (Å²) in [7, 11) is -3.78. The second-order valence-corrected chi connectivity index (χ2v) is 8.63. The molecule has 1 aliphatic rings. The second-order valence-electron chi connectivity index (χ2n) is 5.88. The van der Waals surface area contributed by atoms with E-state index in [2.05, 4.69) is 37.8 Å². The number of anilines is 3. The summed E-state index contributed by atoms with van der Waals surface area (Å²) in [4.78, 5) is 8.79. The number of nitrogens with one attached hydrogen (secondary N) is 1. The van der Waals surface area contributed by atoms with Gasteiger partial charge in [-0.1, -0.05) is 40.2 Å². The van der Waals surface area contributed by atoms with Crippen LogP contribution in [0.4, 0.5) is 17.3 Å². The molecule has 0 radical (unpaired) electrons. The van der Waals surface area contributed by atoms with Crippen LogP contribution in [0.1, 0.15) is 0 Å². The minimum Gasteiger partial charge on any atom is -0.324 e. The lowest BCUT2D eigenvalue weighted by Crippen LogP contribution is -2.35. The number of nitrogens with zero attached hydrogens (tertiary/aromatic N) is 3. The third kappa shape index (κ3) is 3.11. The first-order valence-electron chi connectivity index (χ1n) is 8.13. The van der Waals surface area contributed by atoms with E-state index in [4.69, 9.17) is 0 Å². The first-order chi connectivity index (χ1) is 13.0. The molecule has 0 spiro atoms. The highest BCUT2D eigenvalue weighted by Gasteiger charge is 2.36. The largest absolute Gasteiger partial charge is 0.324 e. The van der Waals surface area contributed by atoms with E-state index < -0.39 is 10.0 Å². The molecule has 8 heteroatoms. The van der Waals surface area contributed by atoms with Gasteiger partial charge in [0.05, 0.1) is 24.1 Å². The maximum Gasteiger partial charge on any atom is 0.268 e. The van der Waals surface area contributed by atoms with Crippen LogP contribution < -0.4 is 9.62 Å². The smallest absolute Gasteiger partial charge is 0.268 e. The van der Waals surface area contributed by atoms with Crippen molar-refractivity contribution in [3.05, 3.63) is 71.9 Å². The number of rotatable bonds is 4. The van der Waals surface area contributed by atoms with E-state index in [-0.39, 0.29) is 11.4 Å². The number of sulfonamides is 1. The van der Waals surface area contributed by atoms with Crippen molar-refractivity contribution in [2.45, 2.75) is 4.90 Å². The van der Waals surface area contributed by atoms with E-state index in [1.807, 2.05) is 42.5 Å². The number of benzene rings is 2. The summed E-state index contributed by atoms with van der Waals surface area (Å²) in [5, 5.41) is 3.10. The van der Waals surface area contributed by atoms with Gasteiger partial charge in [0.15, 0.2) is 0 Å². The minimum absolute atomic E-state index is 0.0813. The molecule has 1 aromatic heterocycles. The molecule has 0 fully saturated rings. The average molecular weight is 443 g/mol. The topological polar surface area (TPSA) is 75.2 Å². The zero-order chi connectivity index (χ0) is 19.0.